The van der Waals surface area contributed by atoms with E-state index in [-0.39, 0.29) is 15.8 Å². The number of benzene rings is 1. The molecule has 0 bridgehead atoms. The standard InChI is InChI=1S/C16H9ClF3N3OS/c17-13-11(5-2-6-21-13)14(24)23-15-22-12(8-25-15)9-3-1-4-10(7-9)16(18,19)20/h1-8H,(H,22,23,24). The Kier molecular flexibility index (Phi) is 4.73. The topological polar surface area (TPSA) is 54.9 Å². The summed E-state index contributed by atoms with van der Waals surface area (Å²) in [5.41, 5.74) is 0.0698. The van der Waals surface area contributed by atoms with Crippen molar-refractivity contribution >= 4 is 34.0 Å². The lowest BCUT2D eigenvalue weighted by atomic mass is 10.1. The van der Waals surface area contributed by atoms with E-state index in [0.29, 0.717) is 11.3 Å². The molecule has 2 heterocycles. The summed E-state index contributed by atoms with van der Waals surface area (Å²) in [6.45, 7) is 0. The minimum absolute atomic E-state index is 0.0506. The van der Waals surface area contributed by atoms with Gasteiger partial charge in [-0.1, -0.05) is 23.7 Å². The number of aromatic nitrogens is 2. The van der Waals surface area contributed by atoms with E-state index in [2.05, 4.69) is 15.3 Å². The number of thiazole rings is 1. The number of alkyl halides is 3. The lowest BCUT2D eigenvalue weighted by molar-refractivity contribution is -0.137. The maximum Gasteiger partial charge on any atom is 0.416 e. The smallest absolute Gasteiger partial charge is 0.298 e. The van der Waals surface area contributed by atoms with Crippen LogP contribution in [-0.4, -0.2) is 15.9 Å². The summed E-state index contributed by atoms with van der Waals surface area (Å²) in [5.74, 6) is -0.497. The van der Waals surface area contributed by atoms with Crippen molar-refractivity contribution in [3.05, 3.63) is 64.3 Å². The second-order valence-corrected chi connectivity index (χ2v) is 6.13. The predicted molar refractivity (Wildman–Crippen MR) is 89.8 cm³/mol. The van der Waals surface area contributed by atoms with E-state index in [0.717, 1.165) is 23.5 Å². The van der Waals surface area contributed by atoms with E-state index < -0.39 is 17.6 Å². The molecule has 0 saturated heterocycles. The molecule has 9 heteroatoms. The van der Waals surface area contributed by atoms with Gasteiger partial charge in [-0.15, -0.1) is 11.3 Å². The first kappa shape index (κ1) is 17.4. The van der Waals surface area contributed by atoms with Crippen LogP contribution >= 0.6 is 22.9 Å². The van der Waals surface area contributed by atoms with Gasteiger partial charge in [-0.2, -0.15) is 13.2 Å². The molecule has 25 heavy (non-hydrogen) atoms. The van der Waals surface area contributed by atoms with E-state index in [1.165, 1.54) is 24.4 Å². The molecule has 2 aromatic heterocycles. The molecule has 0 saturated carbocycles. The van der Waals surface area contributed by atoms with Crippen LogP contribution in [-0.2, 0) is 6.18 Å². The molecule has 4 nitrogen and oxygen atoms in total. The van der Waals surface area contributed by atoms with Crippen molar-refractivity contribution in [1.82, 2.24) is 9.97 Å². The third kappa shape index (κ3) is 3.97. The van der Waals surface area contributed by atoms with Crippen LogP contribution in [0.5, 0.6) is 0 Å². The van der Waals surface area contributed by atoms with Gasteiger partial charge in [-0.25, -0.2) is 9.97 Å². The van der Waals surface area contributed by atoms with Gasteiger partial charge in [0.1, 0.15) is 5.15 Å². The molecule has 1 amide bonds. The van der Waals surface area contributed by atoms with Crippen molar-refractivity contribution < 1.29 is 18.0 Å². The van der Waals surface area contributed by atoms with Crippen LogP contribution in [0.4, 0.5) is 18.3 Å². The molecule has 0 atom stereocenters. The highest BCUT2D eigenvalue weighted by Crippen LogP contribution is 2.33. The average molecular weight is 384 g/mol. The number of nitrogens with zero attached hydrogens (tertiary/aromatic N) is 2. The van der Waals surface area contributed by atoms with Gasteiger partial charge in [-0.3, -0.25) is 10.1 Å². The highest BCUT2D eigenvalue weighted by molar-refractivity contribution is 7.14. The number of amides is 1. The summed E-state index contributed by atoms with van der Waals surface area (Å²) in [6, 6.07) is 7.91. The Hall–Kier alpha value is -2.45. The zero-order chi connectivity index (χ0) is 18.0. The lowest BCUT2D eigenvalue weighted by Crippen LogP contribution is -2.12. The van der Waals surface area contributed by atoms with Crippen molar-refractivity contribution in [2.75, 3.05) is 5.32 Å². The number of halogens is 4. The van der Waals surface area contributed by atoms with Gasteiger partial charge in [0.25, 0.3) is 5.91 Å². The van der Waals surface area contributed by atoms with Crippen LogP contribution in [0.2, 0.25) is 5.15 Å². The highest BCUT2D eigenvalue weighted by Gasteiger charge is 2.30. The Morgan fingerprint density at radius 3 is 2.72 bits per heavy atom. The van der Waals surface area contributed by atoms with Crippen molar-refractivity contribution in [3.63, 3.8) is 0 Å². The van der Waals surface area contributed by atoms with E-state index in [1.807, 2.05) is 0 Å². The van der Waals surface area contributed by atoms with Gasteiger partial charge in [0.05, 0.1) is 16.8 Å². The fourth-order valence-electron chi connectivity index (χ4n) is 2.04. The van der Waals surface area contributed by atoms with E-state index in [4.69, 9.17) is 11.6 Å². The molecule has 0 aliphatic rings. The van der Waals surface area contributed by atoms with Gasteiger partial charge in [0.2, 0.25) is 0 Å². The Labute approximate surface area is 149 Å². The molecule has 1 N–H and O–H groups in total. The van der Waals surface area contributed by atoms with Gasteiger partial charge in [0, 0.05) is 17.1 Å². The highest BCUT2D eigenvalue weighted by atomic mass is 35.5. The molecule has 0 aliphatic carbocycles. The van der Waals surface area contributed by atoms with Crippen molar-refractivity contribution in [1.29, 1.82) is 0 Å². The van der Waals surface area contributed by atoms with Crippen molar-refractivity contribution in [2.24, 2.45) is 0 Å². The number of carbonyl (C=O) groups is 1. The molecule has 3 rings (SSSR count). The summed E-state index contributed by atoms with van der Waals surface area (Å²) >= 11 is 6.95. The third-order valence-corrected chi connectivity index (χ3v) is 4.27. The fourth-order valence-corrected chi connectivity index (χ4v) is 2.96. The second kappa shape index (κ2) is 6.81. The van der Waals surface area contributed by atoms with Crippen LogP contribution < -0.4 is 5.32 Å². The first-order valence-corrected chi connectivity index (χ1v) is 8.15. The first-order valence-electron chi connectivity index (χ1n) is 6.89. The molecular formula is C16H9ClF3N3OS. The van der Waals surface area contributed by atoms with Gasteiger partial charge in [-0.05, 0) is 24.3 Å². The zero-order valence-corrected chi connectivity index (χ0v) is 13.9. The summed E-state index contributed by atoms with van der Waals surface area (Å²) in [4.78, 5) is 20.1. The number of carbonyl (C=O) groups excluding carboxylic acids is 1. The minimum Gasteiger partial charge on any atom is -0.298 e. The quantitative estimate of drug-likeness (QED) is 0.638. The molecule has 3 aromatic rings. The summed E-state index contributed by atoms with van der Waals surface area (Å²) in [5, 5.41) is 4.42. The maximum atomic E-state index is 12.8. The zero-order valence-electron chi connectivity index (χ0n) is 12.3. The largest absolute Gasteiger partial charge is 0.416 e. The van der Waals surface area contributed by atoms with Crippen molar-refractivity contribution in [2.45, 2.75) is 6.18 Å². The Bertz CT molecular complexity index is 927. The number of hydrogen-bond donors (Lipinski definition) is 1. The molecular weight excluding hydrogens is 375 g/mol. The van der Waals surface area contributed by atoms with Crippen LogP contribution in [0.15, 0.2) is 48.0 Å². The van der Waals surface area contributed by atoms with Crippen molar-refractivity contribution in [3.8, 4) is 11.3 Å². The Morgan fingerprint density at radius 1 is 1.20 bits per heavy atom. The normalized spacial score (nSPS) is 11.4. The molecule has 128 valence electrons. The van der Waals surface area contributed by atoms with Crippen LogP contribution in [0.1, 0.15) is 15.9 Å². The van der Waals surface area contributed by atoms with Gasteiger partial charge in [0.15, 0.2) is 5.13 Å². The first-order chi connectivity index (χ1) is 11.8. The number of hydrogen-bond acceptors (Lipinski definition) is 4. The molecule has 0 unspecified atom stereocenters. The van der Waals surface area contributed by atoms with E-state index in [9.17, 15) is 18.0 Å². The third-order valence-electron chi connectivity index (χ3n) is 3.21. The second-order valence-electron chi connectivity index (χ2n) is 4.91. The average Bonchev–Trinajstić information content (AvgIpc) is 3.03. The molecule has 0 radical (unpaired) electrons. The fraction of sp³-hybridized carbons (Fsp3) is 0.0625. The van der Waals surface area contributed by atoms with Gasteiger partial charge < -0.3 is 0 Å². The monoisotopic (exact) mass is 383 g/mol. The van der Waals surface area contributed by atoms with E-state index >= 15 is 0 Å². The summed E-state index contributed by atoms with van der Waals surface area (Å²) in [7, 11) is 0. The molecule has 1 aromatic carbocycles. The lowest BCUT2D eigenvalue weighted by Gasteiger charge is -2.07. The molecule has 0 spiro atoms. The van der Waals surface area contributed by atoms with Crippen LogP contribution in [0.25, 0.3) is 11.3 Å². The summed E-state index contributed by atoms with van der Waals surface area (Å²) < 4.78 is 38.4. The maximum absolute atomic E-state index is 12.8. The molecule has 0 aliphatic heterocycles. The van der Waals surface area contributed by atoms with Gasteiger partial charge >= 0.3 is 6.18 Å². The number of anilines is 1. The van der Waals surface area contributed by atoms with Crippen LogP contribution in [0, 0.1) is 0 Å². The number of nitrogens with one attached hydrogen (secondary N) is 1. The predicted octanol–water partition coefficient (Wildman–Crippen LogP) is 5.13. The SMILES string of the molecule is O=C(Nc1nc(-c2cccc(C(F)(F)F)c2)cs1)c1cccnc1Cl. The Balaban J connectivity index is 1.82. The molecule has 0 fully saturated rings. The number of pyridine rings is 1. The Morgan fingerprint density at radius 2 is 2.00 bits per heavy atom. The van der Waals surface area contributed by atoms with E-state index in [1.54, 1.807) is 11.4 Å². The number of rotatable bonds is 3. The minimum atomic E-state index is -4.43. The summed E-state index contributed by atoms with van der Waals surface area (Å²) in [6.07, 6.45) is -2.98. The van der Waals surface area contributed by atoms with Crippen LogP contribution in [0.3, 0.4) is 0 Å².